The van der Waals surface area contributed by atoms with Gasteiger partial charge < -0.3 is 24.6 Å². The van der Waals surface area contributed by atoms with E-state index in [1.165, 1.54) is 20.8 Å². The molecule has 29 heavy (non-hydrogen) atoms. The average molecular weight is 441 g/mol. The largest absolute Gasteiger partial charge is 0.508 e. The Kier molecular flexibility index (Phi) is 12.4. The number of amides is 1. The van der Waals surface area contributed by atoms with E-state index in [-0.39, 0.29) is 44.4 Å². The van der Waals surface area contributed by atoms with Gasteiger partial charge in [0, 0.05) is 18.9 Å². The van der Waals surface area contributed by atoms with Crippen LogP contribution in [0.2, 0.25) is 0 Å². The maximum Gasteiger partial charge on any atom is 0.508 e. The third-order valence-electron chi connectivity index (χ3n) is 3.49. The molecule has 0 aromatic heterocycles. The quantitative estimate of drug-likeness (QED) is 0.219. The molecule has 0 aliphatic heterocycles. The van der Waals surface area contributed by atoms with Gasteiger partial charge >= 0.3 is 12.1 Å². The lowest BCUT2D eigenvalue weighted by Gasteiger charge is -2.28. The summed E-state index contributed by atoms with van der Waals surface area (Å²) in [5.41, 5.74) is -1.26. The number of hydrogen-bond acceptors (Lipinski definition) is 10. The minimum atomic E-state index is -3.90. The van der Waals surface area contributed by atoms with Crippen LogP contribution >= 0.6 is 0 Å². The summed E-state index contributed by atoms with van der Waals surface area (Å²) in [4.78, 5) is 33.8. The van der Waals surface area contributed by atoms with Crippen LogP contribution in [-0.4, -0.2) is 76.4 Å². The van der Waals surface area contributed by atoms with Crippen LogP contribution in [0.4, 0.5) is 4.79 Å². The number of esters is 1. The second-order valence-electron chi connectivity index (χ2n) is 6.87. The van der Waals surface area contributed by atoms with Gasteiger partial charge in [-0.1, -0.05) is 20.8 Å². The fraction of sp³-hybridized carbons (Fsp3) is 0.824. The summed E-state index contributed by atoms with van der Waals surface area (Å²) in [5.74, 6) is -1.60. The summed E-state index contributed by atoms with van der Waals surface area (Å²) in [7, 11) is -3.90. The van der Waals surface area contributed by atoms with Gasteiger partial charge in [-0.2, -0.15) is 8.42 Å². The van der Waals surface area contributed by atoms with E-state index < -0.39 is 40.4 Å². The van der Waals surface area contributed by atoms with E-state index in [1.807, 2.05) is 6.92 Å². The molecule has 1 atom stereocenters. The van der Waals surface area contributed by atoms with E-state index >= 15 is 0 Å². The first-order chi connectivity index (χ1) is 13.4. The third-order valence-corrected chi connectivity index (χ3v) is 4.76. The summed E-state index contributed by atoms with van der Waals surface area (Å²) < 4.78 is 42.8. The Morgan fingerprint density at radius 1 is 1.07 bits per heavy atom. The monoisotopic (exact) mass is 441 g/mol. The van der Waals surface area contributed by atoms with E-state index in [9.17, 15) is 27.9 Å². The average Bonchev–Trinajstić information content (AvgIpc) is 2.64. The Balaban J connectivity index is 4.30. The van der Waals surface area contributed by atoms with Gasteiger partial charge in [0.25, 0.3) is 10.1 Å². The highest BCUT2D eigenvalue weighted by Gasteiger charge is 2.36. The van der Waals surface area contributed by atoms with Gasteiger partial charge in [0.1, 0.15) is 13.2 Å². The second-order valence-corrected chi connectivity index (χ2v) is 8.63. The molecule has 0 aromatic rings. The molecule has 0 aliphatic carbocycles. The molecule has 0 rings (SSSR count). The van der Waals surface area contributed by atoms with Gasteiger partial charge in [-0.05, 0) is 12.8 Å². The third kappa shape index (κ3) is 13.0. The van der Waals surface area contributed by atoms with Gasteiger partial charge in [0.15, 0.2) is 6.10 Å². The molecule has 1 amide bonds. The number of carbonyl (C=O) groups is 3. The lowest BCUT2D eigenvalue weighted by atomic mass is 9.88. The van der Waals surface area contributed by atoms with Crippen molar-refractivity contribution in [3.05, 3.63) is 0 Å². The van der Waals surface area contributed by atoms with E-state index in [0.717, 1.165) is 0 Å². The Hall–Kier alpha value is -1.92. The molecule has 11 nitrogen and oxygen atoms in total. The van der Waals surface area contributed by atoms with Gasteiger partial charge in [0.05, 0.1) is 19.0 Å². The van der Waals surface area contributed by atoms with Crippen LogP contribution in [0.3, 0.4) is 0 Å². The van der Waals surface area contributed by atoms with Crippen molar-refractivity contribution in [1.82, 2.24) is 5.32 Å². The van der Waals surface area contributed by atoms with Gasteiger partial charge in [-0.3, -0.25) is 8.98 Å². The van der Waals surface area contributed by atoms with Crippen molar-refractivity contribution in [2.24, 2.45) is 5.41 Å². The van der Waals surface area contributed by atoms with E-state index in [0.29, 0.717) is 6.42 Å². The van der Waals surface area contributed by atoms with Crippen molar-refractivity contribution in [3.8, 4) is 0 Å². The summed E-state index contributed by atoms with van der Waals surface area (Å²) in [6, 6.07) is 0. The SMILES string of the molecule is CCCOC(=O)OCCOC(=O)[C@H](O)C(C)(C)COS(=O)(=O)CCCNC(C)=O. The molecular weight excluding hydrogens is 410 g/mol. The summed E-state index contributed by atoms with van der Waals surface area (Å²) in [6.45, 7) is 5.40. The van der Waals surface area contributed by atoms with Gasteiger partial charge in [-0.25, -0.2) is 9.59 Å². The van der Waals surface area contributed by atoms with Crippen LogP contribution in [-0.2, 0) is 38.1 Å². The summed E-state index contributed by atoms with van der Waals surface area (Å²) in [5, 5.41) is 12.6. The molecule has 0 bridgehead atoms. The lowest BCUT2D eigenvalue weighted by Crippen LogP contribution is -2.42. The highest BCUT2D eigenvalue weighted by molar-refractivity contribution is 7.86. The van der Waals surface area contributed by atoms with Crippen molar-refractivity contribution in [2.75, 3.05) is 38.7 Å². The molecule has 170 valence electrons. The number of aliphatic hydroxyl groups is 1. The molecule has 0 aliphatic rings. The highest BCUT2D eigenvalue weighted by atomic mass is 32.2. The van der Waals surface area contributed by atoms with E-state index in [2.05, 4.69) is 14.8 Å². The van der Waals surface area contributed by atoms with Crippen LogP contribution in [0.25, 0.3) is 0 Å². The molecule has 2 N–H and O–H groups in total. The maximum absolute atomic E-state index is 11.9. The van der Waals surface area contributed by atoms with Crippen LogP contribution in [0.15, 0.2) is 0 Å². The van der Waals surface area contributed by atoms with Gasteiger partial charge in [-0.15, -0.1) is 0 Å². The predicted molar refractivity (Wildman–Crippen MR) is 101 cm³/mol. The molecule has 0 saturated carbocycles. The van der Waals surface area contributed by atoms with Crippen molar-refractivity contribution >= 4 is 28.1 Å². The zero-order valence-electron chi connectivity index (χ0n) is 17.3. The zero-order valence-corrected chi connectivity index (χ0v) is 18.1. The summed E-state index contributed by atoms with van der Waals surface area (Å²) in [6.07, 6.45) is -1.75. The van der Waals surface area contributed by atoms with E-state index in [1.54, 1.807) is 0 Å². The first-order valence-electron chi connectivity index (χ1n) is 9.17. The number of hydrogen-bond donors (Lipinski definition) is 2. The molecule has 0 unspecified atom stereocenters. The molecule has 0 saturated heterocycles. The van der Waals surface area contributed by atoms with Crippen molar-refractivity contribution in [2.45, 2.75) is 46.6 Å². The molecule has 0 spiro atoms. The molecule has 0 heterocycles. The fourth-order valence-corrected chi connectivity index (χ4v) is 2.88. The van der Waals surface area contributed by atoms with Crippen LogP contribution in [0.1, 0.15) is 40.5 Å². The Morgan fingerprint density at radius 2 is 1.66 bits per heavy atom. The van der Waals surface area contributed by atoms with E-state index in [4.69, 9.17) is 8.92 Å². The topological polar surface area (TPSA) is 155 Å². The van der Waals surface area contributed by atoms with Crippen molar-refractivity contribution < 1.29 is 46.3 Å². The molecule has 0 radical (unpaired) electrons. The Bertz CT molecular complexity index is 632. The Labute approximate surface area is 171 Å². The number of carbonyl (C=O) groups excluding carboxylic acids is 3. The van der Waals surface area contributed by atoms with Crippen LogP contribution in [0.5, 0.6) is 0 Å². The predicted octanol–water partition coefficient (Wildman–Crippen LogP) is 0.353. The standard InChI is InChI=1S/C17H31NO10S/c1-5-8-26-16(22)27-10-9-25-15(21)14(20)17(3,4)12-28-29(23,24)11-6-7-18-13(2)19/h14,20H,5-12H2,1-4H3,(H,18,19)/t14-/m0/s1. The lowest BCUT2D eigenvalue weighted by molar-refractivity contribution is -0.162. The van der Waals surface area contributed by atoms with Gasteiger partial charge in [0.2, 0.25) is 5.91 Å². The van der Waals surface area contributed by atoms with Crippen molar-refractivity contribution in [3.63, 3.8) is 0 Å². The minimum absolute atomic E-state index is 0.160. The first-order valence-corrected chi connectivity index (χ1v) is 10.7. The zero-order chi connectivity index (χ0) is 22.5. The van der Waals surface area contributed by atoms with Crippen LogP contribution in [0, 0.1) is 5.41 Å². The molecular formula is C17H31NO10S. The smallest absolute Gasteiger partial charge is 0.460 e. The second kappa shape index (κ2) is 13.3. The van der Waals surface area contributed by atoms with Crippen LogP contribution < -0.4 is 5.32 Å². The van der Waals surface area contributed by atoms with Crippen molar-refractivity contribution in [1.29, 1.82) is 0 Å². The number of nitrogens with one attached hydrogen (secondary N) is 1. The summed E-state index contributed by atoms with van der Waals surface area (Å²) >= 11 is 0. The fourth-order valence-electron chi connectivity index (χ4n) is 1.79. The number of ether oxygens (including phenoxy) is 3. The number of aliphatic hydroxyl groups excluding tert-OH is 1. The highest BCUT2D eigenvalue weighted by Crippen LogP contribution is 2.23. The molecule has 0 fully saturated rings. The minimum Gasteiger partial charge on any atom is -0.460 e. The Morgan fingerprint density at radius 3 is 2.24 bits per heavy atom. The molecule has 12 heteroatoms. The normalized spacial score (nSPS) is 12.7. The maximum atomic E-state index is 11.9. The number of rotatable bonds is 14. The first kappa shape index (κ1) is 27.1. The molecule has 0 aromatic carbocycles.